The van der Waals surface area contributed by atoms with Crippen LogP contribution in [0.4, 0.5) is 11.4 Å². The summed E-state index contributed by atoms with van der Waals surface area (Å²) in [4.78, 5) is 27.8. The molecule has 0 saturated heterocycles. The van der Waals surface area contributed by atoms with Gasteiger partial charge in [0.05, 0.1) is 18.0 Å². The summed E-state index contributed by atoms with van der Waals surface area (Å²) < 4.78 is 18.1. The molecule has 0 aromatic heterocycles. The van der Waals surface area contributed by atoms with E-state index in [0.29, 0.717) is 30.6 Å². The first-order valence-electron chi connectivity index (χ1n) is 11.2. The highest BCUT2D eigenvalue weighted by Gasteiger charge is 2.35. The number of nitrogens with one attached hydrogen (secondary N) is 1. The Labute approximate surface area is 231 Å². The van der Waals surface area contributed by atoms with Crippen molar-refractivity contribution in [2.24, 2.45) is 5.10 Å². The summed E-state index contributed by atoms with van der Waals surface area (Å²) in [6.07, 6.45) is 0. The highest BCUT2D eigenvalue weighted by atomic mass is 79.9. The molecule has 3 heterocycles. The summed E-state index contributed by atoms with van der Waals surface area (Å²) in [5.74, 6) is 1.80. The Hall–Kier alpha value is -2.70. The summed E-state index contributed by atoms with van der Waals surface area (Å²) in [5.41, 5.74) is 4.16. The van der Waals surface area contributed by atoms with Crippen molar-refractivity contribution in [3.05, 3.63) is 45.3 Å². The van der Waals surface area contributed by atoms with Crippen LogP contribution in [0.5, 0.6) is 11.5 Å². The zero-order valence-electron chi connectivity index (χ0n) is 19.8. The van der Waals surface area contributed by atoms with Gasteiger partial charge in [-0.25, -0.2) is 10.2 Å². The standard InChI is InChI=1S/C13H14BrNO3S.C11H10BrN3O2/c1-3-17-13(16)8(2)15-10-5-4-9(14)6-11(10)18-7-12(15)19;1-6-11(16)14-13-10-5-17-9-4-7(12)2-3-8(9)15(6)10/h4-6,8H,3,7H2,1-2H3;2-4,6H,5H2,1H3,(H,14,16)/t8-;6-/m11/s1. The lowest BCUT2D eigenvalue weighted by atomic mass is 10.1. The molecule has 0 fully saturated rings. The molecule has 0 spiro atoms. The Morgan fingerprint density at radius 1 is 1.17 bits per heavy atom. The number of esters is 1. The van der Waals surface area contributed by atoms with Crippen molar-refractivity contribution in [2.45, 2.75) is 32.9 Å². The van der Waals surface area contributed by atoms with Gasteiger partial charge in [-0.1, -0.05) is 44.1 Å². The molecule has 5 rings (SSSR count). The maximum absolute atomic E-state index is 11.9. The average molecular weight is 640 g/mol. The number of rotatable bonds is 3. The molecule has 2 atom stereocenters. The maximum Gasteiger partial charge on any atom is 0.328 e. The smallest absolute Gasteiger partial charge is 0.328 e. The number of carbonyl (C=O) groups excluding carboxylic acids is 2. The number of halogens is 2. The van der Waals surface area contributed by atoms with E-state index < -0.39 is 6.04 Å². The highest BCUT2D eigenvalue weighted by molar-refractivity contribution is 9.10. The van der Waals surface area contributed by atoms with E-state index >= 15 is 0 Å². The topological polar surface area (TPSA) is 92.7 Å². The molecule has 0 radical (unpaired) electrons. The van der Waals surface area contributed by atoms with Crippen LogP contribution in [0, 0.1) is 0 Å². The molecule has 2 aromatic rings. The van der Waals surface area contributed by atoms with Crippen molar-refractivity contribution in [3.63, 3.8) is 0 Å². The van der Waals surface area contributed by atoms with Gasteiger partial charge in [0.1, 0.15) is 41.8 Å². The van der Waals surface area contributed by atoms with Gasteiger partial charge in [0.2, 0.25) is 0 Å². The van der Waals surface area contributed by atoms with Gasteiger partial charge in [-0.15, -0.1) is 0 Å². The lowest BCUT2D eigenvalue weighted by molar-refractivity contribution is -0.144. The number of hydrogen-bond acceptors (Lipinski definition) is 8. The fourth-order valence-electron chi connectivity index (χ4n) is 3.94. The average Bonchev–Trinajstić information content (AvgIpc) is 2.86. The second kappa shape index (κ2) is 11.1. The van der Waals surface area contributed by atoms with E-state index in [-0.39, 0.29) is 17.9 Å². The molecule has 1 N–H and O–H groups in total. The number of amidine groups is 1. The number of hydrazone groups is 1. The highest BCUT2D eigenvalue weighted by Crippen LogP contribution is 2.37. The Bertz CT molecular complexity index is 1240. The zero-order valence-corrected chi connectivity index (χ0v) is 23.8. The zero-order chi connectivity index (χ0) is 26.0. The minimum atomic E-state index is -0.462. The van der Waals surface area contributed by atoms with Gasteiger partial charge < -0.3 is 24.0 Å². The minimum Gasteiger partial charge on any atom is -0.484 e. The van der Waals surface area contributed by atoms with Crippen LogP contribution in [0.2, 0.25) is 0 Å². The van der Waals surface area contributed by atoms with E-state index in [1.807, 2.05) is 48.2 Å². The van der Waals surface area contributed by atoms with Gasteiger partial charge in [-0.2, -0.15) is 5.10 Å². The number of hydrogen-bond donors (Lipinski definition) is 1. The van der Waals surface area contributed by atoms with Crippen molar-refractivity contribution in [1.82, 2.24) is 5.43 Å². The van der Waals surface area contributed by atoms with E-state index in [1.165, 1.54) is 0 Å². The van der Waals surface area contributed by atoms with Crippen LogP contribution in [-0.4, -0.2) is 54.6 Å². The summed E-state index contributed by atoms with van der Waals surface area (Å²) in [6.45, 7) is 6.43. The predicted molar refractivity (Wildman–Crippen MR) is 148 cm³/mol. The number of anilines is 2. The minimum absolute atomic E-state index is 0.107. The number of nitrogens with zero attached hydrogens (tertiary/aromatic N) is 3. The van der Waals surface area contributed by atoms with Crippen molar-refractivity contribution in [1.29, 1.82) is 0 Å². The quantitative estimate of drug-likeness (QED) is 0.390. The summed E-state index contributed by atoms with van der Waals surface area (Å²) in [6, 6.07) is 10.6. The Kier molecular flexibility index (Phi) is 8.16. The van der Waals surface area contributed by atoms with Gasteiger partial charge in [-0.05, 0) is 57.2 Å². The number of carbonyl (C=O) groups is 2. The number of thiocarbonyl (C=S) groups is 1. The van der Waals surface area contributed by atoms with Gasteiger partial charge in [0, 0.05) is 8.95 Å². The van der Waals surface area contributed by atoms with Crippen molar-refractivity contribution in [2.75, 3.05) is 29.6 Å². The van der Waals surface area contributed by atoms with E-state index in [0.717, 1.165) is 31.9 Å². The van der Waals surface area contributed by atoms with E-state index in [9.17, 15) is 9.59 Å². The molecule has 2 aromatic carbocycles. The fourth-order valence-corrected chi connectivity index (χ4v) is 4.94. The Balaban J connectivity index is 0.000000170. The van der Waals surface area contributed by atoms with Crippen LogP contribution >= 0.6 is 44.1 Å². The largest absolute Gasteiger partial charge is 0.484 e. The third-order valence-corrected chi connectivity index (χ3v) is 7.00. The predicted octanol–water partition coefficient (Wildman–Crippen LogP) is 4.41. The van der Waals surface area contributed by atoms with Gasteiger partial charge in [0.25, 0.3) is 5.91 Å². The van der Waals surface area contributed by atoms with Gasteiger partial charge in [0.15, 0.2) is 5.84 Å². The molecule has 9 nitrogen and oxygen atoms in total. The van der Waals surface area contributed by atoms with E-state index in [2.05, 4.69) is 42.4 Å². The molecule has 12 heteroatoms. The lowest BCUT2D eigenvalue weighted by Crippen LogP contribution is -2.55. The Morgan fingerprint density at radius 3 is 2.44 bits per heavy atom. The first-order chi connectivity index (χ1) is 17.2. The third-order valence-electron chi connectivity index (χ3n) is 5.69. The molecular formula is C24H24Br2N4O5S. The molecule has 0 saturated carbocycles. The second-order valence-corrected chi connectivity index (χ2v) is 10.3. The molecule has 0 aliphatic carbocycles. The second-order valence-electron chi connectivity index (χ2n) is 8.04. The van der Waals surface area contributed by atoms with Crippen molar-refractivity contribution < 1.29 is 23.8 Å². The maximum atomic E-state index is 11.9. The van der Waals surface area contributed by atoms with Crippen molar-refractivity contribution >= 4 is 78.2 Å². The molecule has 1 amide bonds. The Morgan fingerprint density at radius 2 is 1.78 bits per heavy atom. The number of ether oxygens (including phenoxy) is 3. The van der Waals surface area contributed by atoms with Crippen molar-refractivity contribution in [3.8, 4) is 11.5 Å². The van der Waals surface area contributed by atoms with Crippen LogP contribution in [-0.2, 0) is 14.3 Å². The molecule has 0 bridgehead atoms. The summed E-state index contributed by atoms with van der Waals surface area (Å²) >= 11 is 12.1. The molecule has 3 aliphatic heterocycles. The third kappa shape index (κ3) is 5.35. The molecule has 36 heavy (non-hydrogen) atoms. The molecular weight excluding hydrogens is 616 g/mol. The first kappa shape index (κ1) is 26.4. The lowest BCUT2D eigenvalue weighted by Gasteiger charge is -2.37. The summed E-state index contributed by atoms with van der Waals surface area (Å²) in [7, 11) is 0. The fraction of sp³-hybridized carbons (Fsp3) is 0.333. The van der Waals surface area contributed by atoms with Crippen LogP contribution in [0.1, 0.15) is 20.8 Å². The van der Waals surface area contributed by atoms with Gasteiger partial charge >= 0.3 is 5.97 Å². The monoisotopic (exact) mass is 638 g/mol. The molecule has 190 valence electrons. The SMILES string of the molecule is CCOC(=O)[C@@H](C)N1C(=S)COc2cc(Br)ccc21.C[C@@H]1C(=O)NN=C2COc3cc(Br)ccc3N21. The van der Waals surface area contributed by atoms with Gasteiger partial charge in [-0.3, -0.25) is 4.79 Å². The molecule has 3 aliphatic rings. The van der Waals surface area contributed by atoms with E-state index in [1.54, 1.807) is 18.7 Å². The van der Waals surface area contributed by atoms with Crippen LogP contribution in [0.15, 0.2) is 50.4 Å². The van der Waals surface area contributed by atoms with E-state index in [4.69, 9.17) is 26.4 Å². The summed E-state index contributed by atoms with van der Waals surface area (Å²) in [5, 5.41) is 4.01. The number of fused-ring (bicyclic) bond motifs is 4. The number of amides is 1. The normalized spacial score (nSPS) is 18.6. The molecule has 0 unspecified atom stereocenters. The van der Waals surface area contributed by atoms with Crippen LogP contribution in [0.25, 0.3) is 0 Å². The van der Waals surface area contributed by atoms with Crippen LogP contribution in [0.3, 0.4) is 0 Å². The van der Waals surface area contributed by atoms with Crippen LogP contribution < -0.4 is 24.7 Å². The first-order valence-corrected chi connectivity index (χ1v) is 13.2. The number of benzene rings is 2.